The van der Waals surface area contributed by atoms with Gasteiger partial charge in [-0.05, 0) is 44.4 Å². The first kappa shape index (κ1) is 14.1. The number of aliphatic imine (C=N–C) groups is 1. The van der Waals surface area contributed by atoms with Crippen molar-refractivity contribution in [3.8, 4) is 0 Å². The molecule has 3 atom stereocenters. The van der Waals surface area contributed by atoms with Crippen LogP contribution in [-0.2, 0) is 9.47 Å². The van der Waals surface area contributed by atoms with Crippen LogP contribution in [-0.4, -0.2) is 51.0 Å². The van der Waals surface area contributed by atoms with Gasteiger partial charge in [-0.15, -0.1) is 0 Å². The zero-order valence-corrected chi connectivity index (χ0v) is 12.4. The molecule has 0 spiro atoms. The van der Waals surface area contributed by atoms with E-state index in [9.17, 15) is 0 Å². The second kappa shape index (κ2) is 6.76. The van der Waals surface area contributed by atoms with Crippen LogP contribution in [0.4, 0.5) is 0 Å². The Balaban J connectivity index is 1.27. The predicted octanol–water partition coefficient (Wildman–Crippen LogP) is 1.29. The van der Waals surface area contributed by atoms with E-state index in [0.29, 0.717) is 18.2 Å². The van der Waals surface area contributed by atoms with Crippen molar-refractivity contribution in [1.29, 1.82) is 0 Å². The molecule has 0 aromatic heterocycles. The van der Waals surface area contributed by atoms with Crippen LogP contribution >= 0.6 is 0 Å². The Morgan fingerprint density at radius 1 is 1.30 bits per heavy atom. The van der Waals surface area contributed by atoms with Gasteiger partial charge in [0.05, 0.1) is 18.2 Å². The van der Waals surface area contributed by atoms with E-state index in [1.54, 1.807) is 0 Å². The van der Waals surface area contributed by atoms with Crippen LogP contribution in [0, 0.1) is 5.92 Å². The number of hydrogen-bond donors (Lipinski definition) is 2. The second-order valence-electron chi connectivity index (χ2n) is 6.23. The van der Waals surface area contributed by atoms with E-state index in [-0.39, 0.29) is 0 Å². The van der Waals surface area contributed by atoms with Gasteiger partial charge in [0.2, 0.25) is 0 Å². The van der Waals surface area contributed by atoms with Gasteiger partial charge in [0.1, 0.15) is 0 Å². The van der Waals surface area contributed by atoms with Crippen molar-refractivity contribution in [2.45, 2.75) is 56.8 Å². The van der Waals surface area contributed by atoms with E-state index in [1.807, 2.05) is 7.05 Å². The number of hydrogen-bond acceptors (Lipinski definition) is 3. The summed E-state index contributed by atoms with van der Waals surface area (Å²) in [6.07, 6.45) is 8.16. The molecule has 0 radical (unpaired) electrons. The van der Waals surface area contributed by atoms with Crippen molar-refractivity contribution in [3.63, 3.8) is 0 Å². The minimum Gasteiger partial charge on any atom is -0.381 e. The molecule has 2 aliphatic heterocycles. The summed E-state index contributed by atoms with van der Waals surface area (Å²) in [5.41, 5.74) is 0. The van der Waals surface area contributed by atoms with Crippen LogP contribution in [0.15, 0.2) is 4.99 Å². The lowest BCUT2D eigenvalue weighted by atomic mass is 9.96. The van der Waals surface area contributed by atoms with Crippen LogP contribution in [0.5, 0.6) is 0 Å². The lowest BCUT2D eigenvalue weighted by Crippen LogP contribution is -2.47. The Morgan fingerprint density at radius 3 is 2.85 bits per heavy atom. The van der Waals surface area contributed by atoms with Gasteiger partial charge in [0.15, 0.2) is 5.96 Å². The molecule has 2 saturated heterocycles. The van der Waals surface area contributed by atoms with Gasteiger partial charge in [-0.3, -0.25) is 4.99 Å². The largest absolute Gasteiger partial charge is 0.381 e. The molecule has 2 bridgehead atoms. The molecule has 114 valence electrons. The highest BCUT2D eigenvalue weighted by Gasteiger charge is 2.41. The van der Waals surface area contributed by atoms with Crippen molar-refractivity contribution in [3.05, 3.63) is 0 Å². The standard InChI is InChI=1S/C15H27N3O2/c1-16-15(17-7-2-8-19-10-11-3-4-11)18-13-9-12-5-6-14(13)20-12/h11-14H,2-10H2,1H3,(H2,16,17,18). The normalized spacial score (nSPS) is 32.6. The molecule has 0 aromatic rings. The average Bonchev–Trinajstić information content (AvgIpc) is 3.05. The van der Waals surface area contributed by atoms with Gasteiger partial charge >= 0.3 is 0 Å². The van der Waals surface area contributed by atoms with Crippen molar-refractivity contribution in [2.75, 3.05) is 26.8 Å². The maximum Gasteiger partial charge on any atom is 0.191 e. The van der Waals surface area contributed by atoms with Gasteiger partial charge in [0.25, 0.3) is 0 Å². The number of ether oxygens (including phenoxy) is 2. The summed E-state index contributed by atoms with van der Waals surface area (Å²) in [7, 11) is 1.83. The third-order valence-corrected chi connectivity index (χ3v) is 4.46. The van der Waals surface area contributed by atoms with Crippen LogP contribution in [0.1, 0.15) is 38.5 Å². The van der Waals surface area contributed by atoms with E-state index >= 15 is 0 Å². The molecule has 0 amide bonds. The molecule has 3 aliphatic rings. The lowest BCUT2D eigenvalue weighted by molar-refractivity contribution is 0.0992. The van der Waals surface area contributed by atoms with Crippen molar-refractivity contribution < 1.29 is 9.47 Å². The average molecular weight is 281 g/mol. The molecule has 1 aliphatic carbocycles. The summed E-state index contributed by atoms with van der Waals surface area (Å²) in [4.78, 5) is 4.29. The fourth-order valence-electron chi connectivity index (χ4n) is 3.08. The summed E-state index contributed by atoms with van der Waals surface area (Å²) >= 11 is 0. The van der Waals surface area contributed by atoms with Crippen LogP contribution < -0.4 is 10.6 Å². The maximum atomic E-state index is 5.85. The first-order valence-electron chi connectivity index (χ1n) is 8.05. The molecule has 20 heavy (non-hydrogen) atoms. The first-order chi connectivity index (χ1) is 9.85. The minimum atomic E-state index is 0.389. The van der Waals surface area contributed by atoms with Gasteiger partial charge < -0.3 is 20.1 Å². The zero-order chi connectivity index (χ0) is 13.8. The SMILES string of the molecule is CN=C(NCCCOCC1CC1)NC1CC2CCC1O2. The van der Waals surface area contributed by atoms with E-state index in [4.69, 9.17) is 9.47 Å². The molecule has 0 aromatic carbocycles. The predicted molar refractivity (Wildman–Crippen MR) is 79.0 cm³/mol. The van der Waals surface area contributed by atoms with Crippen molar-refractivity contribution in [2.24, 2.45) is 10.9 Å². The number of rotatable bonds is 7. The first-order valence-corrected chi connectivity index (χ1v) is 8.05. The van der Waals surface area contributed by atoms with Gasteiger partial charge in [-0.2, -0.15) is 0 Å². The third kappa shape index (κ3) is 3.85. The Labute approximate surface area is 121 Å². The second-order valence-corrected chi connectivity index (χ2v) is 6.23. The molecule has 5 heteroatoms. The number of guanidine groups is 1. The zero-order valence-electron chi connectivity index (χ0n) is 12.4. The maximum absolute atomic E-state index is 5.85. The van der Waals surface area contributed by atoms with Crippen LogP contribution in [0.3, 0.4) is 0 Å². The lowest BCUT2D eigenvalue weighted by Gasteiger charge is -2.22. The number of nitrogens with one attached hydrogen (secondary N) is 2. The summed E-state index contributed by atoms with van der Waals surface area (Å²) in [6.45, 7) is 2.71. The Morgan fingerprint density at radius 2 is 2.20 bits per heavy atom. The molecular formula is C15H27N3O2. The summed E-state index contributed by atoms with van der Waals surface area (Å²) in [6, 6.07) is 0.436. The highest BCUT2D eigenvalue weighted by atomic mass is 16.5. The summed E-state index contributed by atoms with van der Waals surface area (Å²) in [5, 5.41) is 6.85. The summed E-state index contributed by atoms with van der Waals surface area (Å²) in [5.74, 6) is 1.75. The monoisotopic (exact) mass is 281 g/mol. The fourth-order valence-corrected chi connectivity index (χ4v) is 3.08. The van der Waals surface area contributed by atoms with Crippen molar-refractivity contribution in [1.82, 2.24) is 10.6 Å². The Kier molecular flexibility index (Phi) is 4.78. The molecule has 5 nitrogen and oxygen atoms in total. The fraction of sp³-hybridized carbons (Fsp3) is 0.933. The quantitative estimate of drug-likeness (QED) is 0.419. The molecule has 1 saturated carbocycles. The topological polar surface area (TPSA) is 54.9 Å². The Hall–Kier alpha value is -0.810. The summed E-state index contributed by atoms with van der Waals surface area (Å²) < 4.78 is 11.5. The highest BCUT2D eigenvalue weighted by Crippen LogP contribution is 2.34. The van der Waals surface area contributed by atoms with Crippen LogP contribution in [0.2, 0.25) is 0 Å². The third-order valence-electron chi connectivity index (χ3n) is 4.46. The van der Waals surface area contributed by atoms with Gasteiger partial charge in [0, 0.05) is 26.8 Å². The van der Waals surface area contributed by atoms with E-state index in [0.717, 1.165) is 44.5 Å². The molecule has 3 rings (SSSR count). The van der Waals surface area contributed by atoms with E-state index in [2.05, 4.69) is 15.6 Å². The molecule has 2 N–H and O–H groups in total. The molecular weight excluding hydrogens is 254 g/mol. The van der Waals surface area contributed by atoms with Gasteiger partial charge in [-0.25, -0.2) is 0 Å². The molecule has 3 fully saturated rings. The number of fused-ring (bicyclic) bond motifs is 2. The smallest absolute Gasteiger partial charge is 0.191 e. The highest BCUT2D eigenvalue weighted by molar-refractivity contribution is 5.80. The van der Waals surface area contributed by atoms with E-state index in [1.165, 1.54) is 25.7 Å². The van der Waals surface area contributed by atoms with E-state index < -0.39 is 0 Å². The minimum absolute atomic E-state index is 0.389. The van der Waals surface area contributed by atoms with Crippen LogP contribution in [0.25, 0.3) is 0 Å². The molecule has 2 heterocycles. The molecule has 3 unspecified atom stereocenters. The number of nitrogens with zero attached hydrogens (tertiary/aromatic N) is 1. The Bertz CT molecular complexity index is 344. The van der Waals surface area contributed by atoms with Gasteiger partial charge in [-0.1, -0.05) is 0 Å². The van der Waals surface area contributed by atoms with Crippen molar-refractivity contribution >= 4 is 5.96 Å².